The lowest BCUT2D eigenvalue weighted by Crippen LogP contribution is -1.66. The van der Waals surface area contributed by atoms with Crippen LogP contribution in [-0.4, -0.2) is 0 Å². The second-order valence-electron chi connectivity index (χ2n) is 4.62. The first-order valence-electron chi connectivity index (χ1n) is 5.46. The molecular weight excluding hydrogens is 168 g/mol. The van der Waals surface area contributed by atoms with Crippen LogP contribution in [0.5, 0.6) is 0 Å². The lowest BCUT2D eigenvalue weighted by atomic mass is 10.3. The van der Waals surface area contributed by atoms with Crippen molar-refractivity contribution < 1.29 is 0 Å². The van der Waals surface area contributed by atoms with Crippen molar-refractivity contribution in [3.8, 4) is 0 Å². The van der Waals surface area contributed by atoms with Crippen LogP contribution in [0.25, 0.3) is 0 Å². The van der Waals surface area contributed by atoms with Gasteiger partial charge >= 0.3 is 0 Å². The Hall–Kier alpha value is -0.780. The third kappa shape index (κ3) is 43.0. The third-order valence-electron chi connectivity index (χ3n) is 0.667. The fourth-order valence-corrected chi connectivity index (χ4v) is 0.385. The minimum Gasteiger partial charge on any atom is -0.0630 e. The molecule has 0 saturated carbocycles. The molecule has 0 atom stereocenters. The predicted octanol–water partition coefficient (Wildman–Crippen LogP) is 5.01. The van der Waals surface area contributed by atoms with Gasteiger partial charge in [0.1, 0.15) is 0 Å². The molecule has 0 N–H and O–H groups in total. The molecule has 0 aliphatic rings. The molecule has 0 aliphatic carbocycles. The molecule has 0 fully saturated rings. The summed E-state index contributed by atoms with van der Waals surface area (Å²) in [6.45, 7) is 13.0. The van der Waals surface area contributed by atoms with Gasteiger partial charge in [0.05, 0.1) is 0 Å². The lowest BCUT2D eigenvalue weighted by molar-refractivity contribution is 0.736. The van der Waals surface area contributed by atoms with Crippen molar-refractivity contribution in [1.82, 2.24) is 0 Å². The molecule has 0 unspecified atom stereocenters. The molecule has 0 radical (unpaired) electrons. The largest absolute Gasteiger partial charge is 0.0630 e. The van der Waals surface area contributed by atoms with E-state index in [1.54, 1.807) is 0 Å². The van der Waals surface area contributed by atoms with Crippen LogP contribution >= 0.6 is 0 Å². The van der Waals surface area contributed by atoms with Crippen LogP contribution in [-0.2, 0) is 0 Å². The summed E-state index contributed by atoms with van der Waals surface area (Å²) >= 11 is 0. The molecule has 1 rings (SSSR count). The zero-order valence-corrected chi connectivity index (χ0v) is 10.6. The van der Waals surface area contributed by atoms with E-state index in [9.17, 15) is 0 Å². The highest BCUT2D eigenvalue weighted by Crippen LogP contribution is 1.81. The molecule has 0 heterocycles. The van der Waals surface area contributed by atoms with Gasteiger partial charge in [-0.15, -0.1) is 0 Å². The van der Waals surface area contributed by atoms with Gasteiger partial charge in [0.25, 0.3) is 0 Å². The van der Waals surface area contributed by atoms with Crippen molar-refractivity contribution in [3.63, 3.8) is 0 Å². The summed E-state index contributed by atoms with van der Waals surface area (Å²) in [6, 6.07) is 12.0. The number of rotatable bonds is 0. The first-order valence-corrected chi connectivity index (χ1v) is 5.46. The molecule has 82 valence electrons. The van der Waals surface area contributed by atoms with E-state index in [-0.39, 0.29) is 0 Å². The molecule has 0 heteroatoms. The Morgan fingerprint density at radius 2 is 0.500 bits per heavy atom. The molecule has 14 heavy (non-hydrogen) atoms. The molecule has 0 bridgehead atoms. The van der Waals surface area contributed by atoms with Crippen molar-refractivity contribution in [1.29, 1.82) is 0 Å². The van der Waals surface area contributed by atoms with Crippen LogP contribution in [0.4, 0.5) is 0 Å². The second-order valence-corrected chi connectivity index (χ2v) is 4.62. The lowest BCUT2D eigenvalue weighted by Gasteiger charge is -1.79. The van der Waals surface area contributed by atoms with Crippen molar-refractivity contribution in [2.75, 3.05) is 0 Å². The highest BCUT2D eigenvalue weighted by Gasteiger charge is 1.68. The Labute approximate surface area is 90.4 Å². The van der Waals surface area contributed by atoms with E-state index in [0.29, 0.717) is 0 Å². The molecule has 0 spiro atoms. The standard InChI is InChI=1S/C6H6.2C4H10/c1-2-4-6-5-3-1;2*1-4(2)3/h1-6H;2*4H,1-3H3. The van der Waals surface area contributed by atoms with Crippen molar-refractivity contribution in [3.05, 3.63) is 36.4 Å². The quantitative estimate of drug-likeness (QED) is 0.544. The van der Waals surface area contributed by atoms with Gasteiger partial charge in [-0.3, -0.25) is 0 Å². The van der Waals surface area contributed by atoms with E-state index >= 15 is 0 Å². The summed E-state index contributed by atoms with van der Waals surface area (Å²) in [5.74, 6) is 1.67. The molecule has 0 aromatic heterocycles. The molecular formula is C14H26. The van der Waals surface area contributed by atoms with Gasteiger partial charge in [-0.2, -0.15) is 0 Å². The molecule has 0 amide bonds. The van der Waals surface area contributed by atoms with Crippen LogP contribution in [0.3, 0.4) is 0 Å². The van der Waals surface area contributed by atoms with Gasteiger partial charge in [0.15, 0.2) is 0 Å². The summed E-state index contributed by atoms with van der Waals surface area (Å²) in [5.41, 5.74) is 0. The monoisotopic (exact) mass is 194 g/mol. The van der Waals surface area contributed by atoms with Gasteiger partial charge in [-0.25, -0.2) is 0 Å². The van der Waals surface area contributed by atoms with E-state index < -0.39 is 0 Å². The molecule has 0 saturated heterocycles. The SMILES string of the molecule is CC(C)C.CC(C)C.c1ccccc1. The van der Waals surface area contributed by atoms with Gasteiger partial charge in [-0.05, 0) is 11.8 Å². The zero-order valence-electron chi connectivity index (χ0n) is 10.6. The highest BCUT2D eigenvalue weighted by atomic mass is 13.7. The van der Waals surface area contributed by atoms with Gasteiger partial charge in [0, 0.05) is 0 Å². The normalized spacial score (nSPS) is 8.57. The van der Waals surface area contributed by atoms with E-state index in [1.165, 1.54) is 0 Å². The summed E-state index contributed by atoms with van der Waals surface area (Å²) in [7, 11) is 0. The fraction of sp³-hybridized carbons (Fsp3) is 0.571. The topological polar surface area (TPSA) is 0 Å². The number of hydrogen-bond donors (Lipinski definition) is 0. The zero-order chi connectivity index (χ0) is 11.4. The smallest absolute Gasteiger partial charge is 0.0500 e. The first kappa shape index (κ1) is 15.7. The first-order chi connectivity index (χ1) is 6.46. The van der Waals surface area contributed by atoms with E-state index in [0.717, 1.165) is 11.8 Å². The second kappa shape index (κ2) is 12.2. The van der Waals surface area contributed by atoms with Gasteiger partial charge in [-0.1, -0.05) is 77.9 Å². The van der Waals surface area contributed by atoms with Crippen LogP contribution < -0.4 is 0 Å². The van der Waals surface area contributed by atoms with Crippen LogP contribution in [0, 0.1) is 11.8 Å². The summed E-state index contributed by atoms with van der Waals surface area (Å²) in [4.78, 5) is 0. The highest BCUT2D eigenvalue weighted by molar-refractivity contribution is 4.99. The summed E-state index contributed by atoms with van der Waals surface area (Å²) in [5, 5.41) is 0. The molecule has 0 nitrogen and oxygen atoms in total. The molecule has 1 aromatic rings. The fourth-order valence-electron chi connectivity index (χ4n) is 0.385. The Morgan fingerprint density at radius 3 is 0.571 bits per heavy atom. The Kier molecular flexibility index (Phi) is 13.7. The van der Waals surface area contributed by atoms with Crippen molar-refractivity contribution in [2.45, 2.75) is 41.5 Å². The minimum atomic E-state index is 0.833. The maximum absolute atomic E-state index is 2.17. The average Bonchev–Trinajstić information content (AvgIpc) is 2.05. The maximum atomic E-state index is 2.17. The Balaban J connectivity index is 0. The number of benzene rings is 1. The van der Waals surface area contributed by atoms with Crippen molar-refractivity contribution in [2.24, 2.45) is 11.8 Å². The summed E-state index contributed by atoms with van der Waals surface area (Å²) < 4.78 is 0. The van der Waals surface area contributed by atoms with Crippen LogP contribution in [0.1, 0.15) is 41.5 Å². The van der Waals surface area contributed by atoms with E-state index in [2.05, 4.69) is 41.5 Å². The predicted molar refractivity (Wildman–Crippen MR) is 67.5 cm³/mol. The maximum Gasteiger partial charge on any atom is -0.0500 e. The van der Waals surface area contributed by atoms with Crippen LogP contribution in [0.2, 0.25) is 0 Å². The van der Waals surface area contributed by atoms with E-state index in [1.807, 2.05) is 36.4 Å². The van der Waals surface area contributed by atoms with Gasteiger partial charge < -0.3 is 0 Å². The van der Waals surface area contributed by atoms with Crippen molar-refractivity contribution >= 4 is 0 Å². The Bertz CT molecular complexity index is 124. The minimum absolute atomic E-state index is 0.833. The third-order valence-corrected chi connectivity index (χ3v) is 0.667. The number of hydrogen-bond acceptors (Lipinski definition) is 0. The van der Waals surface area contributed by atoms with Gasteiger partial charge in [0.2, 0.25) is 0 Å². The summed E-state index contributed by atoms with van der Waals surface area (Å²) in [6.07, 6.45) is 0. The molecule has 0 aliphatic heterocycles. The van der Waals surface area contributed by atoms with Crippen LogP contribution in [0.15, 0.2) is 36.4 Å². The molecule has 1 aromatic carbocycles. The Morgan fingerprint density at radius 1 is 0.429 bits per heavy atom. The average molecular weight is 194 g/mol. The van der Waals surface area contributed by atoms with E-state index in [4.69, 9.17) is 0 Å².